The van der Waals surface area contributed by atoms with Crippen LogP contribution in [0.3, 0.4) is 0 Å². The Labute approximate surface area is 119 Å². The molecule has 2 amide bonds. The second-order valence-electron chi connectivity index (χ2n) is 4.73. The minimum atomic E-state index is -1.03. The molecule has 2 aromatic rings. The zero-order valence-electron chi connectivity index (χ0n) is 11.4. The van der Waals surface area contributed by atoms with E-state index in [0.717, 1.165) is 10.9 Å². The molecule has 1 aromatic carbocycles. The van der Waals surface area contributed by atoms with Crippen LogP contribution >= 0.6 is 0 Å². The first-order valence-electron chi connectivity index (χ1n) is 6.26. The monoisotopic (exact) mass is 289 g/mol. The lowest BCUT2D eigenvalue weighted by Gasteiger charge is -2.11. The van der Waals surface area contributed by atoms with Crippen molar-refractivity contribution in [3.8, 4) is 0 Å². The Bertz CT molecular complexity index is 766. The highest BCUT2D eigenvalue weighted by molar-refractivity contribution is 5.98. The summed E-state index contributed by atoms with van der Waals surface area (Å²) in [4.78, 5) is 33.9. The molecule has 110 valence electrons. The molecule has 0 fully saturated rings. The third-order valence-corrected chi connectivity index (χ3v) is 2.98. The molecule has 2 rings (SSSR count). The first-order chi connectivity index (χ1) is 9.86. The average molecular weight is 289 g/mol. The van der Waals surface area contributed by atoms with E-state index in [9.17, 15) is 14.4 Å². The molecular weight excluding hydrogens is 274 g/mol. The topological polar surface area (TPSA) is 128 Å². The molecule has 7 heteroatoms. The molecule has 1 atom stereocenters. The first-order valence-corrected chi connectivity index (χ1v) is 6.26. The van der Waals surface area contributed by atoms with Crippen LogP contribution in [-0.4, -0.2) is 17.9 Å². The predicted molar refractivity (Wildman–Crippen MR) is 77.6 cm³/mol. The molecule has 21 heavy (non-hydrogen) atoms. The number of hydrogen-bond donors (Lipinski definition) is 3. The average Bonchev–Trinajstić information content (AvgIpc) is 2.37. The predicted octanol–water partition coefficient (Wildman–Crippen LogP) is 0.243. The summed E-state index contributed by atoms with van der Waals surface area (Å²) in [6, 6.07) is 5.28. The Kier molecular flexibility index (Phi) is 4.04. The Morgan fingerprint density at radius 2 is 2.05 bits per heavy atom. The van der Waals surface area contributed by atoms with Gasteiger partial charge in [-0.15, -0.1) is 0 Å². The number of carbonyl (C=O) groups excluding carboxylic acids is 2. The van der Waals surface area contributed by atoms with Gasteiger partial charge in [0.2, 0.25) is 11.8 Å². The van der Waals surface area contributed by atoms with E-state index in [0.29, 0.717) is 11.3 Å². The summed E-state index contributed by atoms with van der Waals surface area (Å²) in [6.45, 7) is 1.79. The van der Waals surface area contributed by atoms with Crippen molar-refractivity contribution in [2.45, 2.75) is 19.4 Å². The van der Waals surface area contributed by atoms with Gasteiger partial charge in [0.15, 0.2) is 0 Å². The van der Waals surface area contributed by atoms with Gasteiger partial charge in [0.25, 0.3) is 0 Å². The summed E-state index contributed by atoms with van der Waals surface area (Å²) in [5.41, 5.74) is 11.6. The number of carbonyl (C=O) groups is 2. The van der Waals surface area contributed by atoms with Gasteiger partial charge in [-0.1, -0.05) is 0 Å². The molecule has 7 nitrogen and oxygen atoms in total. The molecule has 1 aromatic heterocycles. The summed E-state index contributed by atoms with van der Waals surface area (Å²) in [5, 5.41) is 3.32. The van der Waals surface area contributed by atoms with Gasteiger partial charge in [0, 0.05) is 23.2 Å². The molecule has 0 spiro atoms. The van der Waals surface area contributed by atoms with Gasteiger partial charge in [-0.05, 0) is 24.6 Å². The molecular formula is C14H15N3O4. The van der Waals surface area contributed by atoms with Gasteiger partial charge < -0.3 is 21.2 Å². The molecule has 0 saturated heterocycles. The molecule has 0 bridgehead atoms. The minimum absolute atomic E-state index is 0.242. The third kappa shape index (κ3) is 3.46. The number of amides is 2. The van der Waals surface area contributed by atoms with Crippen molar-refractivity contribution in [2.75, 3.05) is 5.32 Å². The summed E-state index contributed by atoms with van der Waals surface area (Å²) in [5.74, 6) is -1.19. The summed E-state index contributed by atoms with van der Waals surface area (Å²) >= 11 is 0. The zero-order chi connectivity index (χ0) is 15.6. The van der Waals surface area contributed by atoms with E-state index >= 15 is 0 Å². The lowest BCUT2D eigenvalue weighted by molar-refractivity contribution is -0.123. The lowest BCUT2D eigenvalue weighted by Crippen LogP contribution is -2.38. The van der Waals surface area contributed by atoms with Crippen LogP contribution in [0.15, 0.2) is 33.5 Å². The molecule has 0 aliphatic carbocycles. The Morgan fingerprint density at radius 1 is 1.33 bits per heavy atom. The van der Waals surface area contributed by atoms with Crippen molar-refractivity contribution >= 4 is 28.5 Å². The van der Waals surface area contributed by atoms with Gasteiger partial charge in [-0.2, -0.15) is 0 Å². The molecule has 0 aliphatic heterocycles. The van der Waals surface area contributed by atoms with E-state index < -0.39 is 23.5 Å². The third-order valence-electron chi connectivity index (χ3n) is 2.98. The number of primary amides is 1. The molecule has 1 heterocycles. The standard InChI is InChI=1S/C14H15N3O4/c1-7-4-13(19)21-11-5-8(2-3-9(7)11)17-14(20)10(15)6-12(16)18/h2-5,10H,6,15H2,1H3,(H2,16,18)(H,17,20)/t10-/m1/s1. The fourth-order valence-corrected chi connectivity index (χ4v) is 1.95. The minimum Gasteiger partial charge on any atom is -0.423 e. The summed E-state index contributed by atoms with van der Waals surface area (Å²) < 4.78 is 5.08. The quantitative estimate of drug-likeness (QED) is 0.694. The fourth-order valence-electron chi connectivity index (χ4n) is 1.95. The Morgan fingerprint density at radius 3 is 2.71 bits per heavy atom. The zero-order valence-corrected chi connectivity index (χ0v) is 11.4. The molecule has 5 N–H and O–H groups in total. The van der Waals surface area contributed by atoms with Gasteiger partial charge in [-0.3, -0.25) is 9.59 Å². The van der Waals surface area contributed by atoms with Crippen LogP contribution in [0.2, 0.25) is 0 Å². The lowest BCUT2D eigenvalue weighted by atomic mass is 10.1. The Hall–Kier alpha value is -2.67. The molecule has 0 saturated carbocycles. The number of anilines is 1. The maximum Gasteiger partial charge on any atom is 0.336 e. The van der Waals surface area contributed by atoms with Crippen LogP contribution in [0.1, 0.15) is 12.0 Å². The van der Waals surface area contributed by atoms with Gasteiger partial charge >= 0.3 is 5.63 Å². The number of aryl methyl sites for hydroxylation is 1. The van der Waals surface area contributed by atoms with E-state index in [1.54, 1.807) is 19.1 Å². The highest BCUT2D eigenvalue weighted by Gasteiger charge is 2.16. The molecule has 0 unspecified atom stereocenters. The second kappa shape index (κ2) is 5.76. The van der Waals surface area contributed by atoms with Crippen molar-refractivity contribution in [1.82, 2.24) is 0 Å². The van der Waals surface area contributed by atoms with Crippen molar-refractivity contribution in [2.24, 2.45) is 11.5 Å². The SMILES string of the molecule is Cc1cc(=O)oc2cc(NC(=O)[C@H](N)CC(N)=O)ccc12. The van der Waals surface area contributed by atoms with E-state index in [1.165, 1.54) is 12.1 Å². The normalized spacial score (nSPS) is 12.1. The van der Waals surface area contributed by atoms with Gasteiger partial charge in [0.05, 0.1) is 12.5 Å². The first kappa shape index (κ1) is 14.7. The van der Waals surface area contributed by atoms with E-state index in [1.807, 2.05) is 0 Å². The van der Waals surface area contributed by atoms with Crippen molar-refractivity contribution < 1.29 is 14.0 Å². The van der Waals surface area contributed by atoms with Crippen LogP contribution in [0, 0.1) is 6.92 Å². The van der Waals surface area contributed by atoms with E-state index in [2.05, 4.69) is 5.32 Å². The highest BCUT2D eigenvalue weighted by Crippen LogP contribution is 2.20. The van der Waals surface area contributed by atoms with Crippen molar-refractivity contribution in [3.05, 3.63) is 40.2 Å². The van der Waals surface area contributed by atoms with Crippen LogP contribution in [0.4, 0.5) is 5.69 Å². The number of rotatable bonds is 4. The van der Waals surface area contributed by atoms with Gasteiger partial charge in [0.1, 0.15) is 5.58 Å². The number of fused-ring (bicyclic) bond motifs is 1. The van der Waals surface area contributed by atoms with Crippen LogP contribution in [0.25, 0.3) is 11.0 Å². The van der Waals surface area contributed by atoms with E-state index in [4.69, 9.17) is 15.9 Å². The van der Waals surface area contributed by atoms with Gasteiger partial charge in [-0.25, -0.2) is 4.79 Å². The van der Waals surface area contributed by atoms with Crippen LogP contribution < -0.4 is 22.4 Å². The fraction of sp³-hybridized carbons (Fsp3) is 0.214. The van der Waals surface area contributed by atoms with E-state index in [-0.39, 0.29) is 6.42 Å². The maximum atomic E-state index is 11.8. The number of nitrogens with two attached hydrogens (primary N) is 2. The number of benzene rings is 1. The smallest absolute Gasteiger partial charge is 0.336 e. The number of hydrogen-bond acceptors (Lipinski definition) is 5. The van der Waals surface area contributed by atoms with Crippen molar-refractivity contribution in [1.29, 1.82) is 0 Å². The molecule has 0 radical (unpaired) electrons. The summed E-state index contributed by atoms with van der Waals surface area (Å²) in [7, 11) is 0. The largest absolute Gasteiger partial charge is 0.423 e. The number of nitrogens with one attached hydrogen (secondary N) is 1. The van der Waals surface area contributed by atoms with Crippen LogP contribution in [-0.2, 0) is 9.59 Å². The second-order valence-corrected chi connectivity index (χ2v) is 4.73. The maximum absolute atomic E-state index is 11.8. The molecule has 0 aliphatic rings. The van der Waals surface area contributed by atoms with Crippen LogP contribution in [0.5, 0.6) is 0 Å². The van der Waals surface area contributed by atoms with Crippen molar-refractivity contribution in [3.63, 3.8) is 0 Å². The highest BCUT2D eigenvalue weighted by atomic mass is 16.4. The Balaban J connectivity index is 2.25. The summed E-state index contributed by atoms with van der Waals surface area (Å²) in [6.07, 6.45) is -0.242.